The van der Waals surface area contributed by atoms with Crippen LogP contribution in [0.2, 0.25) is 5.02 Å². The number of hydrogen-bond acceptors (Lipinski definition) is 5. The lowest BCUT2D eigenvalue weighted by atomic mass is 9.85. The van der Waals surface area contributed by atoms with E-state index in [9.17, 15) is 19.2 Å². The second-order valence-corrected chi connectivity index (χ2v) is 6.92. The molecule has 1 N–H and O–H groups in total. The molecule has 0 bridgehead atoms. The van der Waals surface area contributed by atoms with Crippen LogP contribution < -0.4 is 5.32 Å². The van der Waals surface area contributed by atoms with E-state index in [0.29, 0.717) is 17.9 Å². The molecule has 2 aliphatic rings. The average molecular weight is 391 g/mol. The van der Waals surface area contributed by atoms with Crippen LogP contribution in [0.5, 0.6) is 0 Å². The Balaban J connectivity index is 1.43. The number of carbonyl (C=O) groups is 4. The molecular weight excluding hydrogens is 372 g/mol. The first-order valence-corrected chi connectivity index (χ1v) is 9.00. The minimum atomic E-state index is -0.787. The number of rotatable bonds is 6. The van der Waals surface area contributed by atoms with E-state index < -0.39 is 36.9 Å². The molecule has 1 aromatic rings. The number of nitrogens with one attached hydrogen (secondary N) is 1. The number of allylic oxidation sites excluding steroid dienone is 2. The van der Waals surface area contributed by atoms with E-state index in [4.69, 9.17) is 16.3 Å². The second kappa shape index (κ2) is 8.35. The zero-order valence-corrected chi connectivity index (χ0v) is 15.3. The van der Waals surface area contributed by atoms with Gasteiger partial charge in [0.2, 0.25) is 11.8 Å². The molecule has 0 aromatic heterocycles. The molecule has 3 rings (SSSR count). The van der Waals surface area contributed by atoms with Crippen LogP contribution in [-0.4, -0.2) is 41.7 Å². The Morgan fingerprint density at radius 1 is 1.07 bits per heavy atom. The van der Waals surface area contributed by atoms with Gasteiger partial charge in [0.15, 0.2) is 6.61 Å². The maximum Gasteiger partial charge on any atom is 0.326 e. The predicted molar refractivity (Wildman–Crippen MR) is 96.3 cm³/mol. The highest BCUT2D eigenvalue weighted by molar-refractivity contribution is 6.30. The molecule has 2 atom stereocenters. The summed E-state index contributed by atoms with van der Waals surface area (Å²) in [6, 6.07) is 6.96. The number of esters is 1. The smallest absolute Gasteiger partial charge is 0.326 e. The zero-order valence-electron chi connectivity index (χ0n) is 14.5. The van der Waals surface area contributed by atoms with Gasteiger partial charge in [-0.2, -0.15) is 0 Å². The summed E-state index contributed by atoms with van der Waals surface area (Å²) in [5.41, 5.74) is 0.851. The van der Waals surface area contributed by atoms with Crippen LogP contribution in [-0.2, 0) is 30.5 Å². The number of hydrogen-bond donors (Lipinski definition) is 1. The number of ether oxygens (including phenoxy) is 1. The topological polar surface area (TPSA) is 92.8 Å². The Bertz CT molecular complexity index is 764. The fourth-order valence-corrected chi connectivity index (χ4v) is 3.33. The first-order valence-electron chi connectivity index (χ1n) is 8.62. The molecule has 1 aromatic carbocycles. The fraction of sp³-hybridized carbons (Fsp3) is 0.368. The molecule has 27 heavy (non-hydrogen) atoms. The van der Waals surface area contributed by atoms with Crippen LogP contribution in [0.25, 0.3) is 0 Å². The quantitative estimate of drug-likeness (QED) is 0.451. The summed E-state index contributed by atoms with van der Waals surface area (Å²) in [5, 5.41) is 3.21. The van der Waals surface area contributed by atoms with Gasteiger partial charge in [0.1, 0.15) is 6.54 Å². The Labute approximate surface area is 161 Å². The lowest BCUT2D eigenvalue weighted by molar-refractivity contribution is -0.154. The molecule has 1 heterocycles. The van der Waals surface area contributed by atoms with Crippen molar-refractivity contribution in [2.24, 2.45) is 11.8 Å². The number of halogens is 1. The first kappa shape index (κ1) is 19.1. The molecule has 0 saturated carbocycles. The predicted octanol–water partition coefficient (Wildman–Crippen LogP) is 1.45. The van der Waals surface area contributed by atoms with Crippen LogP contribution in [0.15, 0.2) is 36.4 Å². The summed E-state index contributed by atoms with van der Waals surface area (Å²) in [4.78, 5) is 49.2. The number of carbonyl (C=O) groups excluding carboxylic acids is 4. The highest BCUT2D eigenvalue weighted by atomic mass is 35.5. The van der Waals surface area contributed by atoms with Gasteiger partial charge in [-0.1, -0.05) is 35.9 Å². The van der Waals surface area contributed by atoms with E-state index in [1.165, 1.54) is 0 Å². The molecule has 0 spiro atoms. The van der Waals surface area contributed by atoms with E-state index in [1.54, 1.807) is 24.3 Å². The maximum atomic E-state index is 12.3. The third-order valence-corrected chi connectivity index (χ3v) is 4.91. The summed E-state index contributed by atoms with van der Waals surface area (Å²) in [6.07, 6.45) is 4.76. The Hall–Kier alpha value is -2.67. The van der Waals surface area contributed by atoms with Crippen molar-refractivity contribution in [2.75, 3.05) is 13.2 Å². The highest BCUT2D eigenvalue weighted by Crippen LogP contribution is 2.34. The van der Waals surface area contributed by atoms with Gasteiger partial charge >= 0.3 is 5.97 Å². The molecule has 0 unspecified atom stereocenters. The van der Waals surface area contributed by atoms with Crippen molar-refractivity contribution in [2.45, 2.75) is 19.4 Å². The van der Waals surface area contributed by atoms with Gasteiger partial charge in [0.25, 0.3) is 5.91 Å². The third kappa shape index (κ3) is 4.54. The molecule has 1 aliphatic heterocycles. The van der Waals surface area contributed by atoms with Gasteiger partial charge in [0, 0.05) is 11.6 Å². The molecule has 1 saturated heterocycles. The SMILES string of the molecule is O=C(COC(=O)CN1C(=O)[C@@H]2CC=CC[C@H]2C1=O)NCc1ccc(Cl)cc1. The molecule has 8 heteroatoms. The number of imide groups is 1. The summed E-state index contributed by atoms with van der Waals surface area (Å²) in [6.45, 7) is -0.667. The van der Waals surface area contributed by atoms with Crippen LogP contribution in [0.4, 0.5) is 0 Å². The van der Waals surface area contributed by atoms with Gasteiger partial charge in [-0.3, -0.25) is 24.1 Å². The monoisotopic (exact) mass is 390 g/mol. The minimum absolute atomic E-state index is 0.271. The summed E-state index contributed by atoms with van der Waals surface area (Å²) < 4.78 is 4.89. The normalized spacial score (nSPS) is 21.1. The largest absolute Gasteiger partial charge is 0.454 e. The molecule has 7 nitrogen and oxygen atoms in total. The minimum Gasteiger partial charge on any atom is -0.454 e. The van der Waals surface area contributed by atoms with E-state index >= 15 is 0 Å². The van der Waals surface area contributed by atoms with Crippen molar-refractivity contribution in [3.05, 3.63) is 47.0 Å². The van der Waals surface area contributed by atoms with Gasteiger partial charge in [-0.05, 0) is 30.5 Å². The molecule has 1 aliphatic carbocycles. The second-order valence-electron chi connectivity index (χ2n) is 6.48. The number of likely N-dealkylation sites (tertiary alicyclic amines) is 1. The van der Waals surface area contributed by atoms with E-state index in [1.807, 2.05) is 12.2 Å². The van der Waals surface area contributed by atoms with Gasteiger partial charge in [-0.15, -0.1) is 0 Å². The van der Waals surface area contributed by atoms with Crippen molar-refractivity contribution in [1.82, 2.24) is 10.2 Å². The number of benzene rings is 1. The number of amides is 3. The third-order valence-electron chi connectivity index (χ3n) is 4.65. The molecule has 3 amide bonds. The van der Waals surface area contributed by atoms with Gasteiger partial charge < -0.3 is 10.1 Å². The lowest BCUT2D eigenvalue weighted by Crippen LogP contribution is -2.38. The van der Waals surface area contributed by atoms with Crippen LogP contribution >= 0.6 is 11.6 Å². The van der Waals surface area contributed by atoms with Crippen molar-refractivity contribution >= 4 is 35.3 Å². The Morgan fingerprint density at radius 3 is 2.26 bits per heavy atom. The summed E-state index contributed by atoms with van der Waals surface area (Å²) in [5.74, 6) is -2.74. The Morgan fingerprint density at radius 2 is 1.67 bits per heavy atom. The summed E-state index contributed by atoms with van der Waals surface area (Å²) in [7, 11) is 0. The maximum absolute atomic E-state index is 12.3. The van der Waals surface area contributed by atoms with Crippen LogP contribution in [0.1, 0.15) is 18.4 Å². The Kier molecular flexibility index (Phi) is 5.91. The van der Waals surface area contributed by atoms with Crippen molar-refractivity contribution in [3.63, 3.8) is 0 Å². The van der Waals surface area contributed by atoms with Gasteiger partial charge in [-0.25, -0.2) is 0 Å². The molecule has 142 valence electrons. The molecule has 1 fully saturated rings. The number of nitrogens with zero attached hydrogens (tertiary/aromatic N) is 1. The zero-order chi connectivity index (χ0) is 19.4. The highest BCUT2D eigenvalue weighted by Gasteiger charge is 2.47. The van der Waals surface area contributed by atoms with Crippen molar-refractivity contribution < 1.29 is 23.9 Å². The van der Waals surface area contributed by atoms with Crippen molar-refractivity contribution in [3.8, 4) is 0 Å². The fourth-order valence-electron chi connectivity index (χ4n) is 3.20. The first-order chi connectivity index (χ1) is 13.0. The standard InChI is InChI=1S/C19H19ClN2O5/c20-13-7-5-12(6-8-13)9-21-16(23)11-27-17(24)10-22-18(25)14-3-1-2-4-15(14)19(22)26/h1-2,5-8,14-15H,3-4,9-11H2,(H,21,23)/t14-,15-/m1/s1. The molecular formula is C19H19ClN2O5. The number of fused-ring (bicyclic) bond motifs is 1. The lowest BCUT2D eigenvalue weighted by Gasteiger charge is -2.14. The molecule has 0 radical (unpaired) electrons. The average Bonchev–Trinajstić information content (AvgIpc) is 2.91. The van der Waals surface area contributed by atoms with Crippen LogP contribution in [0, 0.1) is 11.8 Å². The van der Waals surface area contributed by atoms with E-state index in [0.717, 1.165) is 10.5 Å². The van der Waals surface area contributed by atoms with Crippen LogP contribution in [0.3, 0.4) is 0 Å². The van der Waals surface area contributed by atoms with E-state index in [2.05, 4.69) is 5.32 Å². The van der Waals surface area contributed by atoms with E-state index in [-0.39, 0.29) is 18.4 Å². The van der Waals surface area contributed by atoms with Crippen molar-refractivity contribution in [1.29, 1.82) is 0 Å². The van der Waals surface area contributed by atoms with Gasteiger partial charge in [0.05, 0.1) is 11.8 Å². The summed E-state index contributed by atoms with van der Waals surface area (Å²) >= 11 is 5.79.